The standard InChI is InChI=1S/C21H25Cl2NO4/c1-3-21(27)16-8-6-5-7-15(16)18(25)24(21)14-9-11-20(23,12-10-14)13-17(22)19(26)28-4-2/h9-11,13,27H,3-8,12H2,1-2H3. The first-order valence-corrected chi connectivity index (χ1v) is 10.4. The van der Waals surface area contributed by atoms with Crippen molar-refractivity contribution in [2.45, 2.75) is 63.0 Å². The lowest BCUT2D eigenvalue weighted by Crippen LogP contribution is -2.47. The highest BCUT2D eigenvalue weighted by atomic mass is 35.5. The molecule has 1 aliphatic heterocycles. The molecule has 0 bridgehead atoms. The van der Waals surface area contributed by atoms with Gasteiger partial charge in [0.2, 0.25) is 0 Å². The fourth-order valence-electron chi connectivity index (χ4n) is 4.09. The van der Waals surface area contributed by atoms with Gasteiger partial charge in [-0.25, -0.2) is 4.79 Å². The van der Waals surface area contributed by atoms with Crippen LogP contribution >= 0.6 is 23.2 Å². The Labute approximate surface area is 175 Å². The van der Waals surface area contributed by atoms with Gasteiger partial charge in [-0.1, -0.05) is 30.7 Å². The second kappa shape index (κ2) is 8.05. The van der Waals surface area contributed by atoms with Crippen molar-refractivity contribution in [3.63, 3.8) is 0 Å². The predicted molar refractivity (Wildman–Crippen MR) is 109 cm³/mol. The third kappa shape index (κ3) is 3.68. The number of hydrogen-bond acceptors (Lipinski definition) is 4. The highest BCUT2D eigenvalue weighted by molar-refractivity contribution is 6.42. The number of halogens is 2. The summed E-state index contributed by atoms with van der Waals surface area (Å²) >= 11 is 12.6. The monoisotopic (exact) mass is 425 g/mol. The van der Waals surface area contributed by atoms with Crippen LogP contribution in [-0.4, -0.2) is 39.1 Å². The topological polar surface area (TPSA) is 66.8 Å². The number of aliphatic hydroxyl groups is 1. The average molecular weight is 426 g/mol. The zero-order chi connectivity index (χ0) is 20.5. The Bertz CT molecular complexity index is 813. The van der Waals surface area contributed by atoms with Gasteiger partial charge in [-0.15, -0.1) is 11.6 Å². The summed E-state index contributed by atoms with van der Waals surface area (Å²) in [7, 11) is 0. The fourth-order valence-corrected chi connectivity index (χ4v) is 4.64. The molecule has 3 aliphatic rings. The van der Waals surface area contributed by atoms with E-state index in [1.807, 2.05) is 6.92 Å². The van der Waals surface area contributed by atoms with Crippen LogP contribution in [0.25, 0.3) is 0 Å². The fraction of sp³-hybridized carbons (Fsp3) is 0.524. The smallest absolute Gasteiger partial charge is 0.349 e. The Morgan fingerprint density at radius 1 is 1.36 bits per heavy atom. The lowest BCUT2D eigenvalue weighted by atomic mass is 9.87. The van der Waals surface area contributed by atoms with Crippen LogP contribution in [0.5, 0.6) is 0 Å². The van der Waals surface area contributed by atoms with Gasteiger partial charge >= 0.3 is 5.97 Å². The molecule has 7 heteroatoms. The van der Waals surface area contributed by atoms with Crippen LogP contribution in [0, 0.1) is 0 Å². The largest absolute Gasteiger partial charge is 0.462 e. The number of carbonyl (C=O) groups excluding carboxylic acids is 2. The van der Waals surface area contributed by atoms with Crippen LogP contribution in [0.4, 0.5) is 0 Å². The average Bonchev–Trinajstić information content (AvgIpc) is 2.91. The highest BCUT2D eigenvalue weighted by Crippen LogP contribution is 2.46. The highest BCUT2D eigenvalue weighted by Gasteiger charge is 2.50. The zero-order valence-corrected chi connectivity index (χ0v) is 17.6. The van der Waals surface area contributed by atoms with E-state index >= 15 is 0 Å². The molecule has 2 unspecified atom stereocenters. The molecule has 1 N–H and O–H groups in total. The molecule has 2 aliphatic carbocycles. The zero-order valence-electron chi connectivity index (χ0n) is 16.1. The van der Waals surface area contributed by atoms with Crippen LogP contribution in [0.2, 0.25) is 0 Å². The summed E-state index contributed by atoms with van der Waals surface area (Å²) in [6.45, 7) is 3.80. The Hall–Kier alpha value is -1.56. The molecule has 0 aromatic carbocycles. The van der Waals surface area contributed by atoms with Crippen LogP contribution in [0.3, 0.4) is 0 Å². The minimum Gasteiger partial charge on any atom is -0.462 e. The van der Waals surface area contributed by atoms with E-state index in [9.17, 15) is 14.7 Å². The maximum absolute atomic E-state index is 13.0. The molecule has 0 fully saturated rings. The van der Waals surface area contributed by atoms with E-state index < -0.39 is 16.6 Å². The molecule has 5 nitrogen and oxygen atoms in total. The third-order valence-electron chi connectivity index (χ3n) is 5.53. The molecule has 1 amide bonds. The van der Waals surface area contributed by atoms with Gasteiger partial charge in [-0.3, -0.25) is 9.69 Å². The number of hydrogen-bond donors (Lipinski definition) is 1. The second-order valence-electron chi connectivity index (χ2n) is 7.28. The van der Waals surface area contributed by atoms with Crippen LogP contribution in [0.1, 0.15) is 52.4 Å². The molecule has 3 rings (SSSR count). The Morgan fingerprint density at radius 2 is 2.07 bits per heavy atom. The number of carbonyl (C=O) groups is 2. The Balaban J connectivity index is 1.84. The molecule has 152 valence electrons. The third-order valence-corrected chi connectivity index (χ3v) is 6.18. The number of esters is 1. The molecule has 2 atom stereocenters. The van der Waals surface area contributed by atoms with Gasteiger partial charge in [0.05, 0.1) is 11.5 Å². The van der Waals surface area contributed by atoms with Gasteiger partial charge in [0.25, 0.3) is 5.91 Å². The molecule has 0 spiro atoms. The summed E-state index contributed by atoms with van der Waals surface area (Å²) in [5.41, 5.74) is 0.931. The summed E-state index contributed by atoms with van der Waals surface area (Å²) in [6.07, 6.45) is 10.8. The summed E-state index contributed by atoms with van der Waals surface area (Å²) in [5, 5.41) is 11.2. The van der Waals surface area contributed by atoms with Gasteiger partial charge in [-0.2, -0.15) is 0 Å². The van der Waals surface area contributed by atoms with Gasteiger partial charge in [0.1, 0.15) is 5.03 Å². The second-order valence-corrected chi connectivity index (χ2v) is 8.39. The predicted octanol–water partition coefficient (Wildman–Crippen LogP) is 4.31. The van der Waals surface area contributed by atoms with Gasteiger partial charge < -0.3 is 9.84 Å². The number of rotatable bonds is 5. The first-order valence-electron chi connectivity index (χ1n) is 9.69. The SMILES string of the molecule is CCOC(=O)C(Cl)=CC1(Cl)C=CC(N2C(=O)C3=C(CCCC3)C2(O)CC)=CC1. The van der Waals surface area contributed by atoms with E-state index in [0.717, 1.165) is 30.4 Å². The first-order chi connectivity index (χ1) is 13.3. The molecular weight excluding hydrogens is 401 g/mol. The lowest BCUT2D eigenvalue weighted by Gasteiger charge is -2.37. The summed E-state index contributed by atoms with van der Waals surface area (Å²) in [5.74, 6) is -0.753. The molecular formula is C21H25Cl2NO4. The number of amides is 1. The molecule has 28 heavy (non-hydrogen) atoms. The number of ether oxygens (including phenoxy) is 1. The van der Waals surface area contributed by atoms with E-state index in [-0.39, 0.29) is 17.5 Å². The van der Waals surface area contributed by atoms with Crippen molar-refractivity contribution in [1.29, 1.82) is 0 Å². The van der Waals surface area contributed by atoms with Crippen molar-refractivity contribution in [2.24, 2.45) is 0 Å². The van der Waals surface area contributed by atoms with Crippen LogP contribution < -0.4 is 0 Å². The van der Waals surface area contributed by atoms with Crippen molar-refractivity contribution >= 4 is 35.1 Å². The van der Waals surface area contributed by atoms with Crippen LogP contribution in [-0.2, 0) is 14.3 Å². The van der Waals surface area contributed by atoms with Gasteiger partial charge in [0, 0.05) is 11.3 Å². The minimum absolute atomic E-state index is 0.0854. The molecule has 0 aromatic heterocycles. The number of alkyl halides is 1. The van der Waals surface area contributed by atoms with Gasteiger partial charge in [-0.05, 0) is 63.2 Å². The van der Waals surface area contributed by atoms with Crippen molar-refractivity contribution in [1.82, 2.24) is 4.90 Å². The number of allylic oxidation sites excluding steroid dienone is 4. The van der Waals surface area contributed by atoms with Crippen molar-refractivity contribution in [2.75, 3.05) is 6.61 Å². The van der Waals surface area contributed by atoms with E-state index in [1.165, 1.54) is 11.0 Å². The quantitative estimate of drug-likeness (QED) is 0.404. The molecule has 0 saturated carbocycles. The normalized spacial score (nSPS) is 30.5. The van der Waals surface area contributed by atoms with E-state index in [0.29, 0.717) is 25.0 Å². The lowest BCUT2D eigenvalue weighted by molar-refractivity contribution is -0.138. The maximum Gasteiger partial charge on any atom is 0.349 e. The molecule has 0 aromatic rings. The minimum atomic E-state index is -1.28. The Morgan fingerprint density at radius 3 is 2.68 bits per heavy atom. The van der Waals surface area contributed by atoms with Crippen molar-refractivity contribution in [3.8, 4) is 0 Å². The van der Waals surface area contributed by atoms with E-state index in [1.54, 1.807) is 25.2 Å². The van der Waals surface area contributed by atoms with E-state index in [2.05, 4.69) is 0 Å². The molecule has 0 radical (unpaired) electrons. The van der Waals surface area contributed by atoms with Gasteiger partial charge in [0.15, 0.2) is 5.72 Å². The van der Waals surface area contributed by atoms with E-state index in [4.69, 9.17) is 27.9 Å². The van der Waals surface area contributed by atoms with Crippen molar-refractivity contribution in [3.05, 3.63) is 46.2 Å². The molecule has 0 saturated heterocycles. The number of nitrogens with zero attached hydrogens (tertiary/aromatic N) is 1. The summed E-state index contributed by atoms with van der Waals surface area (Å²) in [6, 6.07) is 0. The first kappa shape index (κ1) is 21.2. The Kier molecular flexibility index (Phi) is 6.08. The summed E-state index contributed by atoms with van der Waals surface area (Å²) < 4.78 is 4.87. The maximum atomic E-state index is 13.0. The van der Waals surface area contributed by atoms with Crippen molar-refractivity contribution < 1.29 is 19.4 Å². The van der Waals surface area contributed by atoms with Crippen LogP contribution in [0.15, 0.2) is 46.2 Å². The molecule has 1 heterocycles. The summed E-state index contributed by atoms with van der Waals surface area (Å²) in [4.78, 5) is 25.3.